The van der Waals surface area contributed by atoms with Gasteiger partial charge in [-0.15, -0.1) is 0 Å². The van der Waals surface area contributed by atoms with Crippen LogP contribution in [0.15, 0.2) is 0 Å². The average Bonchev–Trinajstić information content (AvgIpc) is 2.05. The zero-order valence-electron chi connectivity index (χ0n) is 6.14. The highest BCUT2D eigenvalue weighted by Gasteiger charge is 2.13. The first-order valence-electron chi connectivity index (χ1n) is 3.60. The van der Waals surface area contributed by atoms with Crippen molar-refractivity contribution in [1.82, 2.24) is 21.3 Å². The highest BCUT2D eigenvalue weighted by Crippen LogP contribution is 1.97. The van der Waals surface area contributed by atoms with Crippen molar-refractivity contribution in [3.8, 4) is 0 Å². The second-order valence-corrected chi connectivity index (χ2v) is 2.55. The van der Waals surface area contributed by atoms with E-state index in [1.165, 1.54) is 0 Å². The Morgan fingerprint density at radius 3 is 1.30 bits per heavy atom. The van der Waals surface area contributed by atoms with E-state index in [0.717, 1.165) is 26.2 Å². The Morgan fingerprint density at radius 1 is 0.800 bits per heavy atom. The summed E-state index contributed by atoms with van der Waals surface area (Å²) in [4.78, 5) is 4.18. The Kier molecular flexibility index (Phi) is 3.08. The summed E-state index contributed by atoms with van der Waals surface area (Å²) in [7, 11) is 0. The van der Waals surface area contributed by atoms with Crippen LogP contribution in [-0.2, 0) is 0 Å². The standard InChI is InChI=1S/C6H14N4/c7-5-9-1-2-10(6-8)4-3-9/h7-8H,1-6H2. The molecule has 4 heteroatoms. The van der Waals surface area contributed by atoms with E-state index >= 15 is 0 Å². The molecule has 1 aliphatic heterocycles. The summed E-state index contributed by atoms with van der Waals surface area (Å²) in [6.07, 6.45) is 0. The molecular weight excluding hydrogens is 128 g/mol. The fourth-order valence-corrected chi connectivity index (χ4v) is 1.11. The van der Waals surface area contributed by atoms with E-state index < -0.39 is 0 Å². The Morgan fingerprint density at radius 2 is 1.10 bits per heavy atom. The van der Waals surface area contributed by atoms with Gasteiger partial charge in [0.25, 0.3) is 0 Å². The summed E-state index contributed by atoms with van der Waals surface area (Å²) in [5, 5.41) is 0. The Hall–Kier alpha value is -0.160. The lowest BCUT2D eigenvalue weighted by Crippen LogP contribution is -2.47. The van der Waals surface area contributed by atoms with Crippen LogP contribution in [0.1, 0.15) is 0 Å². The second kappa shape index (κ2) is 3.88. The van der Waals surface area contributed by atoms with Gasteiger partial charge in [-0.05, 0) is 0 Å². The smallest absolute Gasteiger partial charge is 0.0616 e. The lowest BCUT2D eigenvalue weighted by atomic mass is 10.3. The van der Waals surface area contributed by atoms with Crippen LogP contribution < -0.4 is 11.5 Å². The summed E-state index contributed by atoms with van der Waals surface area (Å²) >= 11 is 0. The molecule has 1 fully saturated rings. The Labute approximate surface area is 61.8 Å². The first-order valence-corrected chi connectivity index (χ1v) is 3.60. The van der Waals surface area contributed by atoms with Crippen molar-refractivity contribution in [1.29, 1.82) is 0 Å². The van der Waals surface area contributed by atoms with Crippen LogP contribution in [-0.4, -0.2) is 49.3 Å². The summed E-state index contributed by atoms with van der Waals surface area (Å²) in [5.41, 5.74) is 14.2. The predicted octanol–water partition coefficient (Wildman–Crippen LogP) is -0.915. The summed E-state index contributed by atoms with van der Waals surface area (Å²) in [6.45, 7) is 4.66. The molecule has 1 heterocycles. The maximum Gasteiger partial charge on any atom is 0.0616 e. The lowest BCUT2D eigenvalue weighted by Gasteiger charge is -2.32. The number of rotatable bonds is 2. The molecule has 0 bridgehead atoms. The van der Waals surface area contributed by atoms with Crippen LogP contribution in [0.2, 0.25) is 0 Å². The molecule has 0 unspecified atom stereocenters. The van der Waals surface area contributed by atoms with Gasteiger partial charge in [0, 0.05) is 26.2 Å². The second-order valence-electron chi connectivity index (χ2n) is 2.55. The van der Waals surface area contributed by atoms with E-state index in [0.29, 0.717) is 13.3 Å². The molecule has 1 rings (SSSR count). The van der Waals surface area contributed by atoms with Gasteiger partial charge in [0.1, 0.15) is 0 Å². The van der Waals surface area contributed by atoms with Crippen LogP contribution in [0, 0.1) is 0 Å². The van der Waals surface area contributed by atoms with Crippen molar-refractivity contribution < 1.29 is 0 Å². The average molecular weight is 142 g/mol. The number of hydrogen-bond acceptors (Lipinski definition) is 2. The molecule has 0 aromatic carbocycles. The monoisotopic (exact) mass is 142 g/mol. The van der Waals surface area contributed by atoms with Gasteiger partial charge in [-0.25, -0.2) is 11.5 Å². The molecule has 0 aromatic heterocycles. The quantitative estimate of drug-likeness (QED) is 0.501. The third-order valence-electron chi connectivity index (χ3n) is 1.91. The predicted molar refractivity (Wildman–Crippen MR) is 39.1 cm³/mol. The minimum Gasteiger partial charge on any atom is -0.287 e. The van der Waals surface area contributed by atoms with E-state index in [9.17, 15) is 0 Å². The molecule has 0 aliphatic carbocycles. The summed E-state index contributed by atoms with van der Waals surface area (Å²) < 4.78 is 0. The molecule has 58 valence electrons. The third-order valence-corrected chi connectivity index (χ3v) is 1.91. The number of nitrogens with zero attached hydrogens (tertiary/aromatic N) is 2. The van der Waals surface area contributed by atoms with Gasteiger partial charge in [0.15, 0.2) is 0 Å². The topological polar surface area (TPSA) is 54.1 Å². The van der Waals surface area contributed by atoms with Crippen molar-refractivity contribution in [3.63, 3.8) is 0 Å². The minimum absolute atomic E-state index is 0.409. The number of hydrogen-bond donors (Lipinski definition) is 0. The highest BCUT2D eigenvalue weighted by molar-refractivity contribution is 4.68. The van der Waals surface area contributed by atoms with Crippen molar-refractivity contribution in [2.24, 2.45) is 0 Å². The highest BCUT2D eigenvalue weighted by atomic mass is 15.3. The van der Waals surface area contributed by atoms with E-state index in [4.69, 9.17) is 11.5 Å². The molecule has 0 saturated carbocycles. The van der Waals surface area contributed by atoms with E-state index in [1.807, 2.05) is 0 Å². The van der Waals surface area contributed by atoms with Crippen molar-refractivity contribution in [3.05, 3.63) is 0 Å². The van der Waals surface area contributed by atoms with E-state index in [-0.39, 0.29) is 0 Å². The molecule has 4 nitrogen and oxygen atoms in total. The number of nitrogens with one attached hydrogen (secondary N) is 2. The van der Waals surface area contributed by atoms with Gasteiger partial charge >= 0.3 is 0 Å². The van der Waals surface area contributed by atoms with Crippen LogP contribution in [0.5, 0.6) is 0 Å². The van der Waals surface area contributed by atoms with Gasteiger partial charge in [0.2, 0.25) is 0 Å². The minimum atomic E-state index is 0.409. The molecule has 0 spiro atoms. The van der Waals surface area contributed by atoms with Crippen LogP contribution in [0.3, 0.4) is 0 Å². The van der Waals surface area contributed by atoms with Gasteiger partial charge in [-0.3, -0.25) is 9.80 Å². The number of piperazine rings is 1. The fourth-order valence-electron chi connectivity index (χ4n) is 1.11. The van der Waals surface area contributed by atoms with Crippen LogP contribution in [0.4, 0.5) is 0 Å². The van der Waals surface area contributed by atoms with Gasteiger partial charge < -0.3 is 0 Å². The lowest BCUT2D eigenvalue weighted by molar-refractivity contribution is 0.134. The third kappa shape index (κ3) is 1.91. The SMILES string of the molecule is [NH]CN1CCN(C[NH])CC1. The summed E-state index contributed by atoms with van der Waals surface area (Å²) in [6, 6.07) is 0. The van der Waals surface area contributed by atoms with Gasteiger partial charge in [-0.2, -0.15) is 0 Å². The Balaban J connectivity index is 2.17. The Bertz CT molecular complexity index is 75.7. The molecular formula is C6H14N4. The normalized spacial score (nSPS) is 23.4. The maximum absolute atomic E-state index is 7.08. The first-order chi connectivity index (χ1) is 4.86. The van der Waals surface area contributed by atoms with Gasteiger partial charge in [0.05, 0.1) is 13.3 Å². The van der Waals surface area contributed by atoms with Crippen LogP contribution >= 0.6 is 0 Å². The fraction of sp³-hybridized carbons (Fsp3) is 1.00. The van der Waals surface area contributed by atoms with E-state index in [2.05, 4.69) is 9.80 Å². The zero-order chi connectivity index (χ0) is 7.40. The molecule has 2 radical (unpaired) electrons. The zero-order valence-corrected chi connectivity index (χ0v) is 6.14. The van der Waals surface area contributed by atoms with Crippen molar-refractivity contribution >= 4 is 0 Å². The molecule has 0 amide bonds. The molecule has 1 saturated heterocycles. The van der Waals surface area contributed by atoms with Gasteiger partial charge in [-0.1, -0.05) is 0 Å². The molecule has 0 atom stereocenters. The van der Waals surface area contributed by atoms with Crippen LogP contribution in [0.25, 0.3) is 0 Å². The van der Waals surface area contributed by atoms with E-state index in [1.54, 1.807) is 0 Å². The largest absolute Gasteiger partial charge is 0.287 e. The first kappa shape index (κ1) is 7.94. The summed E-state index contributed by atoms with van der Waals surface area (Å²) in [5.74, 6) is 0. The van der Waals surface area contributed by atoms with Crippen molar-refractivity contribution in [2.45, 2.75) is 0 Å². The van der Waals surface area contributed by atoms with Crippen molar-refractivity contribution in [2.75, 3.05) is 39.5 Å². The molecule has 2 N–H and O–H groups in total. The molecule has 10 heavy (non-hydrogen) atoms. The molecule has 1 aliphatic rings. The maximum atomic E-state index is 7.08. The molecule has 0 aromatic rings.